The fourth-order valence-electron chi connectivity index (χ4n) is 2.56. The Morgan fingerprint density at radius 1 is 1.14 bits per heavy atom. The van der Waals surface area contributed by atoms with Gasteiger partial charge in [-0.15, -0.1) is 24.0 Å². The molecule has 3 N–H and O–H groups in total. The van der Waals surface area contributed by atoms with Gasteiger partial charge in [-0.2, -0.15) is 11.8 Å². The number of nitrogens with one attached hydrogen (secondary N) is 3. The summed E-state index contributed by atoms with van der Waals surface area (Å²) in [4.78, 5) is 15.9. The Morgan fingerprint density at radius 3 is 2.50 bits per heavy atom. The predicted molar refractivity (Wildman–Crippen MR) is 105 cm³/mol. The molecule has 1 heterocycles. The zero-order chi connectivity index (χ0) is 14.9. The number of carbonyl (C=O) groups is 1. The molecule has 0 bridgehead atoms. The minimum absolute atomic E-state index is 0. The molecule has 1 atom stereocenters. The van der Waals surface area contributed by atoms with Crippen LogP contribution in [0.2, 0.25) is 0 Å². The number of nitrogens with zero attached hydrogens (tertiary/aromatic N) is 1. The number of guanidine groups is 1. The van der Waals surface area contributed by atoms with E-state index in [1.54, 1.807) is 7.05 Å². The molecule has 1 amide bonds. The van der Waals surface area contributed by atoms with Crippen molar-refractivity contribution in [1.29, 1.82) is 0 Å². The quantitative estimate of drug-likeness (QED) is 0.245. The lowest BCUT2D eigenvalue weighted by atomic mass is 9.85. The Kier molecular flexibility index (Phi) is 10.3. The van der Waals surface area contributed by atoms with E-state index in [0.717, 1.165) is 50.1 Å². The van der Waals surface area contributed by atoms with Gasteiger partial charge in [0.2, 0.25) is 5.91 Å². The van der Waals surface area contributed by atoms with Crippen molar-refractivity contribution in [2.75, 3.05) is 32.4 Å². The molecule has 1 saturated carbocycles. The first-order chi connectivity index (χ1) is 10.3. The van der Waals surface area contributed by atoms with Crippen molar-refractivity contribution < 1.29 is 4.79 Å². The van der Waals surface area contributed by atoms with Crippen molar-refractivity contribution in [3.8, 4) is 0 Å². The number of halogens is 1. The van der Waals surface area contributed by atoms with E-state index in [1.807, 2.05) is 11.8 Å². The molecule has 22 heavy (non-hydrogen) atoms. The Bertz CT molecular complexity index is 357. The maximum absolute atomic E-state index is 11.7. The molecule has 2 rings (SSSR count). The maximum atomic E-state index is 11.7. The second-order valence-electron chi connectivity index (χ2n) is 5.79. The highest BCUT2D eigenvalue weighted by Crippen LogP contribution is 2.26. The number of amides is 1. The SMILES string of the molecule is CN=C(NCCCNC(=O)C1CCC1)NCC1CCCS1.I. The summed E-state index contributed by atoms with van der Waals surface area (Å²) < 4.78 is 0. The van der Waals surface area contributed by atoms with Crippen LogP contribution < -0.4 is 16.0 Å². The zero-order valence-corrected chi connectivity index (χ0v) is 16.5. The molecule has 1 aliphatic heterocycles. The van der Waals surface area contributed by atoms with Crippen LogP contribution in [-0.4, -0.2) is 49.6 Å². The van der Waals surface area contributed by atoms with Gasteiger partial charge in [-0.1, -0.05) is 6.42 Å². The molecule has 1 unspecified atom stereocenters. The summed E-state index contributed by atoms with van der Waals surface area (Å²) in [7, 11) is 1.80. The molecule has 1 aliphatic carbocycles. The van der Waals surface area contributed by atoms with Crippen LogP contribution >= 0.6 is 35.7 Å². The molecular weight excluding hydrogens is 411 g/mol. The third-order valence-electron chi connectivity index (χ3n) is 4.17. The van der Waals surface area contributed by atoms with E-state index in [-0.39, 0.29) is 35.8 Å². The van der Waals surface area contributed by atoms with E-state index in [2.05, 4.69) is 20.9 Å². The van der Waals surface area contributed by atoms with Crippen LogP contribution in [0.5, 0.6) is 0 Å². The van der Waals surface area contributed by atoms with Crippen LogP contribution in [-0.2, 0) is 4.79 Å². The van der Waals surface area contributed by atoms with E-state index in [4.69, 9.17) is 0 Å². The minimum Gasteiger partial charge on any atom is -0.356 e. The van der Waals surface area contributed by atoms with Crippen molar-refractivity contribution in [2.24, 2.45) is 10.9 Å². The summed E-state index contributed by atoms with van der Waals surface area (Å²) in [6.45, 7) is 2.57. The van der Waals surface area contributed by atoms with Crippen molar-refractivity contribution in [3.63, 3.8) is 0 Å². The van der Waals surface area contributed by atoms with Gasteiger partial charge in [0.25, 0.3) is 0 Å². The first kappa shape index (κ1) is 19.9. The van der Waals surface area contributed by atoms with Gasteiger partial charge >= 0.3 is 0 Å². The molecule has 1 saturated heterocycles. The highest BCUT2D eigenvalue weighted by Gasteiger charge is 2.24. The molecule has 0 aromatic rings. The molecule has 2 aliphatic rings. The number of carbonyl (C=O) groups excluding carboxylic acids is 1. The Morgan fingerprint density at radius 2 is 1.91 bits per heavy atom. The normalized spacial score (nSPS) is 21.7. The van der Waals surface area contributed by atoms with Gasteiger partial charge < -0.3 is 16.0 Å². The largest absolute Gasteiger partial charge is 0.356 e. The molecule has 7 heteroatoms. The average molecular weight is 440 g/mol. The standard InChI is InChI=1S/C15H28N4OS.HI/c1-16-15(19-11-13-7-3-10-21-13)18-9-4-8-17-14(20)12-5-2-6-12;/h12-13H,2-11H2,1H3,(H,17,20)(H2,16,18,19);1H. The topological polar surface area (TPSA) is 65.5 Å². The maximum Gasteiger partial charge on any atom is 0.223 e. The lowest BCUT2D eigenvalue weighted by molar-refractivity contribution is -0.127. The van der Waals surface area contributed by atoms with Crippen molar-refractivity contribution in [2.45, 2.75) is 43.8 Å². The third-order valence-corrected chi connectivity index (χ3v) is 5.56. The van der Waals surface area contributed by atoms with E-state index in [0.29, 0.717) is 0 Å². The molecule has 0 radical (unpaired) electrons. The van der Waals surface area contributed by atoms with Gasteiger partial charge in [-0.05, 0) is 37.9 Å². The second-order valence-corrected chi connectivity index (χ2v) is 7.20. The first-order valence-electron chi connectivity index (χ1n) is 8.13. The van der Waals surface area contributed by atoms with E-state index in [9.17, 15) is 4.79 Å². The van der Waals surface area contributed by atoms with Gasteiger partial charge in [-0.25, -0.2) is 0 Å². The lowest BCUT2D eigenvalue weighted by Crippen LogP contribution is -2.41. The molecule has 0 aromatic heterocycles. The smallest absolute Gasteiger partial charge is 0.223 e. The van der Waals surface area contributed by atoms with Crippen molar-refractivity contribution in [1.82, 2.24) is 16.0 Å². The van der Waals surface area contributed by atoms with Crippen LogP contribution in [0.1, 0.15) is 38.5 Å². The molecule has 0 aromatic carbocycles. The van der Waals surface area contributed by atoms with Crippen molar-refractivity contribution in [3.05, 3.63) is 0 Å². The first-order valence-corrected chi connectivity index (χ1v) is 9.18. The zero-order valence-electron chi connectivity index (χ0n) is 13.4. The van der Waals surface area contributed by atoms with Crippen LogP contribution in [0.3, 0.4) is 0 Å². The van der Waals surface area contributed by atoms with Gasteiger partial charge in [0.15, 0.2) is 5.96 Å². The lowest BCUT2D eigenvalue weighted by Gasteiger charge is -2.24. The van der Waals surface area contributed by atoms with Gasteiger partial charge in [0, 0.05) is 37.8 Å². The molecule has 2 fully saturated rings. The van der Waals surface area contributed by atoms with Gasteiger partial charge in [0.05, 0.1) is 0 Å². The molecule has 128 valence electrons. The second kappa shape index (κ2) is 11.4. The summed E-state index contributed by atoms with van der Waals surface area (Å²) in [6.07, 6.45) is 6.92. The molecular formula is C15H29IN4OS. The molecule has 5 nitrogen and oxygen atoms in total. The van der Waals surface area contributed by atoms with Crippen LogP contribution in [0, 0.1) is 5.92 Å². The highest BCUT2D eigenvalue weighted by molar-refractivity contribution is 14.0. The van der Waals surface area contributed by atoms with Crippen LogP contribution in [0.25, 0.3) is 0 Å². The van der Waals surface area contributed by atoms with E-state index >= 15 is 0 Å². The Labute approximate surface area is 155 Å². The number of aliphatic imine (C=N–C) groups is 1. The highest BCUT2D eigenvalue weighted by atomic mass is 127. The van der Waals surface area contributed by atoms with Gasteiger partial charge in [0.1, 0.15) is 0 Å². The minimum atomic E-state index is 0. The number of hydrogen-bond acceptors (Lipinski definition) is 3. The summed E-state index contributed by atoms with van der Waals surface area (Å²) >= 11 is 2.05. The van der Waals surface area contributed by atoms with E-state index in [1.165, 1.54) is 25.0 Å². The van der Waals surface area contributed by atoms with E-state index < -0.39 is 0 Å². The van der Waals surface area contributed by atoms with Gasteiger partial charge in [-0.3, -0.25) is 9.79 Å². The number of rotatable bonds is 7. The number of hydrogen-bond donors (Lipinski definition) is 3. The summed E-state index contributed by atoms with van der Waals surface area (Å²) in [5.41, 5.74) is 0. The fourth-order valence-corrected chi connectivity index (χ4v) is 3.76. The summed E-state index contributed by atoms with van der Waals surface area (Å²) in [5.74, 6) is 2.69. The number of thioether (sulfide) groups is 1. The fraction of sp³-hybridized carbons (Fsp3) is 0.867. The van der Waals surface area contributed by atoms with Crippen LogP contribution in [0.15, 0.2) is 4.99 Å². The Balaban J connectivity index is 0.00000242. The Hall–Kier alpha value is -0.180. The summed E-state index contributed by atoms with van der Waals surface area (Å²) in [6, 6.07) is 0. The van der Waals surface area contributed by atoms with Crippen LogP contribution in [0.4, 0.5) is 0 Å². The summed E-state index contributed by atoms with van der Waals surface area (Å²) in [5, 5.41) is 10.4. The third kappa shape index (κ3) is 6.93. The predicted octanol–water partition coefficient (Wildman–Crippen LogP) is 1.97. The molecule has 0 spiro atoms. The van der Waals surface area contributed by atoms with Crippen molar-refractivity contribution >= 4 is 47.6 Å². The monoisotopic (exact) mass is 440 g/mol. The average Bonchev–Trinajstić information content (AvgIpc) is 2.93.